The summed E-state index contributed by atoms with van der Waals surface area (Å²) in [7, 11) is 0. The fourth-order valence-electron chi connectivity index (χ4n) is 4.72. The predicted molar refractivity (Wildman–Crippen MR) is 183 cm³/mol. The summed E-state index contributed by atoms with van der Waals surface area (Å²) in [5.41, 5.74) is 2.37. The lowest BCUT2D eigenvalue weighted by molar-refractivity contribution is 0.00680. The minimum atomic E-state index is -0.762. The van der Waals surface area contributed by atoms with Gasteiger partial charge in [-0.15, -0.1) is 0 Å². The SMILES string of the molecule is CC(C)(C)OC(=O)c1cc(OCc2ccccc2)c(C(=O)Nc2ccccc2C(=O)OCc2ccccc2)c(OCc2ccccc2)c1. The molecule has 5 aromatic rings. The highest BCUT2D eigenvalue weighted by Crippen LogP contribution is 2.34. The molecule has 0 atom stereocenters. The van der Waals surface area contributed by atoms with Crippen LogP contribution in [0, 0.1) is 0 Å². The molecule has 8 nitrogen and oxygen atoms in total. The van der Waals surface area contributed by atoms with Gasteiger partial charge in [0.05, 0.1) is 16.8 Å². The fourth-order valence-corrected chi connectivity index (χ4v) is 4.72. The van der Waals surface area contributed by atoms with Gasteiger partial charge in [0.25, 0.3) is 5.91 Å². The number of nitrogens with one attached hydrogen (secondary N) is 1. The number of amides is 1. The van der Waals surface area contributed by atoms with Crippen molar-refractivity contribution < 1.29 is 33.3 Å². The molecule has 0 aromatic heterocycles. The first-order valence-corrected chi connectivity index (χ1v) is 15.5. The van der Waals surface area contributed by atoms with Crippen molar-refractivity contribution in [3.63, 3.8) is 0 Å². The van der Waals surface area contributed by atoms with Gasteiger partial charge in [-0.25, -0.2) is 9.59 Å². The van der Waals surface area contributed by atoms with Crippen molar-refractivity contribution >= 4 is 23.5 Å². The van der Waals surface area contributed by atoms with Crippen LogP contribution in [0.15, 0.2) is 127 Å². The lowest BCUT2D eigenvalue weighted by atomic mass is 10.1. The molecule has 0 saturated heterocycles. The molecule has 0 radical (unpaired) electrons. The van der Waals surface area contributed by atoms with Crippen LogP contribution < -0.4 is 14.8 Å². The van der Waals surface area contributed by atoms with Crippen LogP contribution in [0.5, 0.6) is 11.5 Å². The van der Waals surface area contributed by atoms with Crippen LogP contribution in [0.4, 0.5) is 5.69 Å². The standard InChI is InChI=1S/C40H37NO7/c1-40(2,3)48-38(43)31-23-34(45-25-28-15-7-4-8-16-28)36(35(24-31)46-26-29-17-9-5-10-18-29)37(42)41-33-22-14-13-21-32(33)39(44)47-27-30-19-11-6-12-20-30/h4-24H,25-27H2,1-3H3,(H,41,42). The third-order valence-electron chi connectivity index (χ3n) is 7.01. The molecular formula is C40H37NO7. The van der Waals surface area contributed by atoms with Gasteiger partial charge in [0, 0.05) is 0 Å². The van der Waals surface area contributed by atoms with Crippen molar-refractivity contribution in [1.29, 1.82) is 0 Å². The highest BCUT2D eigenvalue weighted by molar-refractivity contribution is 6.11. The van der Waals surface area contributed by atoms with Crippen molar-refractivity contribution in [3.05, 3.63) is 161 Å². The number of para-hydroxylation sites is 1. The summed E-state index contributed by atoms with van der Waals surface area (Å²) in [6.45, 7) is 5.61. The first kappa shape index (κ1) is 33.5. The van der Waals surface area contributed by atoms with Crippen LogP contribution in [0.3, 0.4) is 0 Å². The Morgan fingerprint density at radius 1 is 0.583 bits per heavy atom. The number of hydrogen-bond donors (Lipinski definition) is 1. The van der Waals surface area contributed by atoms with Gasteiger partial charge in [0.2, 0.25) is 0 Å². The van der Waals surface area contributed by atoms with Crippen LogP contribution in [0.1, 0.15) is 68.5 Å². The molecule has 1 N–H and O–H groups in total. The largest absolute Gasteiger partial charge is 0.488 e. The Morgan fingerprint density at radius 3 is 1.54 bits per heavy atom. The minimum Gasteiger partial charge on any atom is -0.488 e. The van der Waals surface area contributed by atoms with Crippen LogP contribution >= 0.6 is 0 Å². The van der Waals surface area contributed by atoms with E-state index in [1.807, 2.05) is 91.0 Å². The van der Waals surface area contributed by atoms with Crippen molar-refractivity contribution in [2.24, 2.45) is 0 Å². The van der Waals surface area contributed by atoms with E-state index >= 15 is 0 Å². The number of carbonyl (C=O) groups excluding carboxylic acids is 3. The van der Waals surface area contributed by atoms with E-state index in [0.717, 1.165) is 16.7 Å². The molecule has 0 bridgehead atoms. The summed E-state index contributed by atoms with van der Waals surface area (Å²) >= 11 is 0. The van der Waals surface area contributed by atoms with E-state index in [2.05, 4.69) is 5.32 Å². The minimum absolute atomic E-state index is 0.0432. The first-order valence-electron chi connectivity index (χ1n) is 15.5. The zero-order chi connectivity index (χ0) is 33.9. The Balaban J connectivity index is 1.51. The molecule has 5 aromatic carbocycles. The Bertz CT molecular complexity index is 1790. The smallest absolute Gasteiger partial charge is 0.340 e. The maximum Gasteiger partial charge on any atom is 0.340 e. The topological polar surface area (TPSA) is 100 Å². The molecule has 0 aliphatic heterocycles. The van der Waals surface area contributed by atoms with Crippen LogP contribution in [0.25, 0.3) is 0 Å². The molecule has 8 heteroatoms. The lowest BCUT2D eigenvalue weighted by Crippen LogP contribution is -2.24. The monoisotopic (exact) mass is 643 g/mol. The molecule has 0 spiro atoms. The quantitative estimate of drug-likeness (QED) is 0.136. The van der Waals surface area contributed by atoms with E-state index in [1.165, 1.54) is 12.1 Å². The summed E-state index contributed by atoms with van der Waals surface area (Å²) < 4.78 is 23.6. The number of carbonyl (C=O) groups is 3. The van der Waals surface area contributed by atoms with Gasteiger partial charge >= 0.3 is 11.9 Å². The summed E-state index contributed by atoms with van der Waals surface area (Å²) in [5, 5.41) is 2.85. The number of anilines is 1. The normalized spacial score (nSPS) is 10.9. The Hall–Kier alpha value is -5.89. The van der Waals surface area contributed by atoms with Gasteiger partial charge in [-0.3, -0.25) is 4.79 Å². The molecule has 5 rings (SSSR count). The summed E-state index contributed by atoms with van der Waals surface area (Å²) in [6.07, 6.45) is 0. The molecule has 0 fully saturated rings. The molecular weight excluding hydrogens is 606 g/mol. The van der Waals surface area contributed by atoms with Crippen LogP contribution in [-0.4, -0.2) is 23.4 Å². The number of rotatable bonds is 12. The van der Waals surface area contributed by atoms with E-state index < -0.39 is 23.4 Å². The Morgan fingerprint density at radius 2 is 1.04 bits per heavy atom. The third kappa shape index (κ3) is 9.33. The molecule has 0 unspecified atom stereocenters. The average Bonchev–Trinajstić information content (AvgIpc) is 3.09. The predicted octanol–water partition coefficient (Wildman–Crippen LogP) is 8.41. The second-order valence-electron chi connectivity index (χ2n) is 12.0. The number of ether oxygens (including phenoxy) is 4. The van der Waals surface area contributed by atoms with Gasteiger partial charge < -0.3 is 24.3 Å². The van der Waals surface area contributed by atoms with Crippen molar-refractivity contribution in [2.75, 3.05) is 5.32 Å². The van der Waals surface area contributed by atoms with E-state index in [1.54, 1.807) is 45.0 Å². The van der Waals surface area contributed by atoms with Crippen molar-refractivity contribution in [3.8, 4) is 11.5 Å². The van der Waals surface area contributed by atoms with Gasteiger partial charge in [-0.2, -0.15) is 0 Å². The number of benzene rings is 5. The summed E-state index contributed by atoms with van der Waals surface area (Å²) in [4.78, 5) is 40.7. The molecule has 0 aliphatic carbocycles. The molecule has 48 heavy (non-hydrogen) atoms. The van der Waals surface area contributed by atoms with E-state index in [4.69, 9.17) is 18.9 Å². The maximum atomic E-state index is 14.2. The Labute approximate surface area is 280 Å². The van der Waals surface area contributed by atoms with Crippen LogP contribution in [-0.2, 0) is 29.3 Å². The van der Waals surface area contributed by atoms with E-state index in [9.17, 15) is 14.4 Å². The zero-order valence-corrected chi connectivity index (χ0v) is 27.1. The second kappa shape index (κ2) is 15.6. The first-order chi connectivity index (χ1) is 23.2. The van der Waals surface area contributed by atoms with Gasteiger partial charge in [-0.05, 0) is 61.7 Å². The fraction of sp³-hybridized carbons (Fsp3) is 0.175. The molecule has 0 heterocycles. The average molecular weight is 644 g/mol. The lowest BCUT2D eigenvalue weighted by Gasteiger charge is -2.22. The summed E-state index contributed by atoms with van der Waals surface area (Å²) in [6, 6.07) is 37.7. The van der Waals surface area contributed by atoms with Gasteiger partial charge in [0.15, 0.2) is 0 Å². The van der Waals surface area contributed by atoms with Gasteiger partial charge in [0.1, 0.15) is 42.5 Å². The van der Waals surface area contributed by atoms with E-state index in [0.29, 0.717) is 0 Å². The van der Waals surface area contributed by atoms with Crippen molar-refractivity contribution in [2.45, 2.75) is 46.2 Å². The summed E-state index contributed by atoms with van der Waals surface area (Å²) in [5.74, 6) is -1.61. The number of hydrogen-bond acceptors (Lipinski definition) is 7. The molecule has 0 saturated carbocycles. The third-order valence-corrected chi connectivity index (χ3v) is 7.01. The van der Waals surface area contributed by atoms with Crippen molar-refractivity contribution in [1.82, 2.24) is 0 Å². The number of esters is 2. The molecule has 0 aliphatic rings. The van der Waals surface area contributed by atoms with E-state index in [-0.39, 0.29) is 53.7 Å². The highest BCUT2D eigenvalue weighted by atomic mass is 16.6. The maximum absolute atomic E-state index is 14.2. The molecule has 244 valence electrons. The Kier molecular flexibility index (Phi) is 10.9. The molecule has 1 amide bonds. The van der Waals surface area contributed by atoms with Gasteiger partial charge in [-0.1, -0.05) is 103 Å². The second-order valence-corrected chi connectivity index (χ2v) is 12.0. The van der Waals surface area contributed by atoms with Crippen LogP contribution in [0.2, 0.25) is 0 Å². The zero-order valence-electron chi connectivity index (χ0n) is 27.1. The highest BCUT2D eigenvalue weighted by Gasteiger charge is 2.27.